The van der Waals surface area contributed by atoms with Crippen molar-refractivity contribution in [2.45, 2.75) is 20.3 Å². The SMILES string of the molecule is Cc1ccc(C2=C(Cl)C(=O)N(CCc3cn(C)c4ccccc34)C2=O)c(C)c1. The molecule has 0 bridgehead atoms. The predicted molar refractivity (Wildman–Crippen MR) is 112 cm³/mol. The van der Waals surface area contributed by atoms with Gasteiger partial charge in [0.2, 0.25) is 0 Å². The van der Waals surface area contributed by atoms with Gasteiger partial charge in [-0.3, -0.25) is 14.5 Å². The molecule has 4 nitrogen and oxygen atoms in total. The summed E-state index contributed by atoms with van der Waals surface area (Å²) in [5.41, 5.74) is 5.30. The van der Waals surface area contributed by atoms with Gasteiger partial charge in [0, 0.05) is 30.7 Å². The quantitative estimate of drug-likeness (QED) is 0.619. The minimum atomic E-state index is -0.415. The molecule has 2 heterocycles. The number of aromatic nitrogens is 1. The van der Waals surface area contributed by atoms with Crippen LogP contribution < -0.4 is 0 Å². The van der Waals surface area contributed by atoms with E-state index in [9.17, 15) is 9.59 Å². The summed E-state index contributed by atoms with van der Waals surface area (Å²) in [7, 11) is 1.99. The number of amides is 2. The zero-order chi connectivity index (χ0) is 20.0. The first-order chi connectivity index (χ1) is 13.4. The molecule has 2 aromatic carbocycles. The Morgan fingerprint density at radius 1 is 1.00 bits per heavy atom. The summed E-state index contributed by atoms with van der Waals surface area (Å²) in [6, 6.07) is 13.9. The molecule has 0 unspecified atom stereocenters. The molecule has 2 amide bonds. The van der Waals surface area contributed by atoms with Crippen LogP contribution in [0.5, 0.6) is 0 Å². The highest BCUT2D eigenvalue weighted by molar-refractivity contribution is 6.55. The van der Waals surface area contributed by atoms with Crippen LogP contribution in [-0.4, -0.2) is 27.8 Å². The standard InChI is InChI=1S/C23H21ClN2O2/c1-14-8-9-17(15(2)12-14)20-21(24)23(28)26(22(20)27)11-10-16-13-25(3)19-7-5-4-6-18(16)19/h4-9,12-13H,10-11H2,1-3H3. The van der Waals surface area contributed by atoms with Gasteiger partial charge in [-0.25, -0.2) is 0 Å². The molecule has 0 aliphatic carbocycles. The number of carbonyl (C=O) groups excluding carboxylic acids is 2. The van der Waals surface area contributed by atoms with Gasteiger partial charge in [0.25, 0.3) is 11.8 Å². The number of carbonyl (C=O) groups is 2. The normalized spacial score (nSPS) is 14.6. The highest BCUT2D eigenvalue weighted by Gasteiger charge is 2.38. The van der Waals surface area contributed by atoms with Gasteiger partial charge in [0.1, 0.15) is 5.03 Å². The smallest absolute Gasteiger partial charge is 0.273 e. The maximum absolute atomic E-state index is 13.0. The van der Waals surface area contributed by atoms with Crippen molar-refractivity contribution in [3.8, 4) is 0 Å². The van der Waals surface area contributed by atoms with E-state index >= 15 is 0 Å². The fourth-order valence-corrected chi connectivity index (χ4v) is 4.22. The van der Waals surface area contributed by atoms with Crippen molar-refractivity contribution in [1.29, 1.82) is 0 Å². The molecule has 0 saturated carbocycles. The van der Waals surface area contributed by atoms with Crippen molar-refractivity contribution in [1.82, 2.24) is 9.47 Å². The maximum atomic E-state index is 13.0. The van der Waals surface area contributed by atoms with Crippen LogP contribution >= 0.6 is 11.6 Å². The summed E-state index contributed by atoms with van der Waals surface area (Å²) in [6.07, 6.45) is 2.64. The predicted octanol–water partition coefficient (Wildman–Crippen LogP) is 4.36. The van der Waals surface area contributed by atoms with Crippen LogP contribution in [0.1, 0.15) is 22.3 Å². The van der Waals surface area contributed by atoms with E-state index in [1.165, 1.54) is 4.90 Å². The summed E-state index contributed by atoms with van der Waals surface area (Å²) in [5, 5.41) is 1.15. The Balaban J connectivity index is 1.60. The fourth-order valence-electron chi connectivity index (χ4n) is 3.93. The van der Waals surface area contributed by atoms with Crippen LogP contribution in [0.25, 0.3) is 16.5 Å². The molecule has 3 aromatic rings. The number of rotatable bonds is 4. The Kier molecular flexibility index (Phi) is 4.60. The monoisotopic (exact) mass is 392 g/mol. The first kappa shape index (κ1) is 18.5. The van der Waals surface area contributed by atoms with E-state index in [1.807, 2.05) is 51.2 Å². The van der Waals surface area contributed by atoms with Gasteiger partial charge in [0.05, 0.1) is 5.57 Å². The van der Waals surface area contributed by atoms with Crippen LogP contribution in [0.3, 0.4) is 0 Å². The number of benzene rings is 2. The van der Waals surface area contributed by atoms with E-state index in [1.54, 1.807) is 0 Å². The molecular weight excluding hydrogens is 372 g/mol. The molecule has 0 atom stereocenters. The van der Waals surface area contributed by atoms with E-state index in [0.717, 1.165) is 33.2 Å². The Morgan fingerprint density at radius 2 is 1.75 bits per heavy atom. The van der Waals surface area contributed by atoms with Crippen molar-refractivity contribution in [3.05, 3.63) is 75.9 Å². The Morgan fingerprint density at radius 3 is 2.50 bits per heavy atom. The van der Waals surface area contributed by atoms with Crippen molar-refractivity contribution in [2.24, 2.45) is 7.05 Å². The fraction of sp³-hybridized carbons (Fsp3) is 0.217. The van der Waals surface area contributed by atoms with Crippen molar-refractivity contribution in [3.63, 3.8) is 0 Å². The highest BCUT2D eigenvalue weighted by Crippen LogP contribution is 2.34. The Hall–Kier alpha value is -2.85. The summed E-state index contributed by atoms with van der Waals surface area (Å²) in [5.74, 6) is -0.732. The van der Waals surface area contributed by atoms with Crippen LogP contribution in [-0.2, 0) is 23.1 Å². The van der Waals surface area contributed by atoms with E-state index < -0.39 is 5.91 Å². The number of fused-ring (bicyclic) bond motifs is 1. The Labute approximate surface area is 169 Å². The van der Waals surface area contributed by atoms with Crippen LogP contribution in [0.4, 0.5) is 0 Å². The van der Waals surface area contributed by atoms with E-state index in [4.69, 9.17) is 11.6 Å². The number of halogens is 1. The maximum Gasteiger partial charge on any atom is 0.273 e. The third kappa shape index (κ3) is 2.94. The second-order valence-electron chi connectivity index (χ2n) is 7.30. The van der Waals surface area contributed by atoms with Crippen molar-refractivity contribution in [2.75, 3.05) is 6.54 Å². The van der Waals surface area contributed by atoms with Gasteiger partial charge >= 0.3 is 0 Å². The minimum absolute atomic E-state index is 0.00914. The van der Waals surface area contributed by atoms with Crippen LogP contribution in [0, 0.1) is 13.8 Å². The zero-order valence-electron chi connectivity index (χ0n) is 16.1. The van der Waals surface area contributed by atoms with E-state index in [2.05, 4.69) is 22.9 Å². The molecule has 1 aliphatic rings. The molecule has 5 heteroatoms. The first-order valence-corrected chi connectivity index (χ1v) is 9.63. The molecule has 1 aliphatic heterocycles. The molecule has 1 aromatic heterocycles. The number of aryl methyl sites for hydroxylation is 3. The highest BCUT2D eigenvalue weighted by atomic mass is 35.5. The lowest BCUT2D eigenvalue weighted by atomic mass is 9.99. The second kappa shape index (κ2) is 6.95. The van der Waals surface area contributed by atoms with Crippen LogP contribution in [0.15, 0.2) is 53.7 Å². The first-order valence-electron chi connectivity index (χ1n) is 9.25. The average Bonchev–Trinajstić information content (AvgIpc) is 3.09. The van der Waals surface area contributed by atoms with Crippen molar-refractivity contribution < 1.29 is 9.59 Å². The molecule has 4 rings (SSSR count). The van der Waals surface area contributed by atoms with Gasteiger partial charge in [-0.05, 0) is 43.0 Å². The second-order valence-corrected chi connectivity index (χ2v) is 7.68. The molecule has 0 fully saturated rings. The lowest BCUT2D eigenvalue weighted by Crippen LogP contribution is -2.33. The number of hydrogen-bond donors (Lipinski definition) is 0. The third-order valence-corrected chi connectivity index (χ3v) is 5.70. The lowest BCUT2D eigenvalue weighted by molar-refractivity contribution is -0.136. The molecule has 142 valence electrons. The molecule has 0 N–H and O–H groups in total. The summed E-state index contributed by atoms with van der Waals surface area (Å²) in [4.78, 5) is 27.0. The van der Waals surface area contributed by atoms with Gasteiger partial charge < -0.3 is 4.57 Å². The number of nitrogens with zero attached hydrogens (tertiary/aromatic N) is 2. The van der Waals surface area contributed by atoms with Gasteiger partial charge in [0.15, 0.2) is 0 Å². The summed E-state index contributed by atoms with van der Waals surface area (Å²) < 4.78 is 2.06. The molecular formula is C23H21ClN2O2. The minimum Gasteiger partial charge on any atom is -0.350 e. The number of para-hydroxylation sites is 1. The van der Waals surface area contributed by atoms with Crippen LogP contribution in [0.2, 0.25) is 0 Å². The molecule has 0 spiro atoms. The van der Waals surface area contributed by atoms with Gasteiger partial charge in [-0.15, -0.1) is 0 Å². The van der Waals surface area contributed by atoms with E-state index in [0.29, 0.717) is 18.5 Å². The Bertz CT molecular complexity index is 1160. The largest absolute Gasteiger partial charge is 0.350 e. The number of imide groups is 1. The molecule has 0 radical (unpaired) electrons. The zero-order valence-corrected chi connectivity index (χ0v) is 16.9. The molecule has 28 heavy (non-hydrogen) atoms. The summed E-state index contributed by atoms with van der Waals surface area (Å²) >= 11 is 6.31. The van der Waals surface area contributed by atoms with Gasteiger partial charge in [-0.2, -0.15) is 0 Å². The van der Waals surface area contributed by atoms with Crippen molar-refractivity contribution >= 4 is 39.9 Å². The van der Waals surface area contributed by atoms with Gasteiger partial charge in [-0.1, -0.05) is 53.6 Å². The topological polar surface area (TPSA) is 42.3 Å². The lowest BCUT2D eigenvalue weighted by Gasteiger charge is -2.15. The summed E-state index contributed by atoms with van der Waals surface area (Å²) in [6.45, 7) is 4.22. The average molecular weight is 393 g/mol. The molecule has 0 saturated heterocycles. The number of hydrogen-bond acceptors (Lipinski definition) is 2. The third-order valence-electron chi connectivity index (χ3n) is 5.35. The van der Waals surface area contributed by atoms with E-state index in [-0.39, 0.29) is 10.9 Å².